The van der Waals surface area contributed by atoms with E-state index in [0.717, 1.165) is 11.4 Å². The SMILES string of the molecule is CCC(C)CC(CN)c1ccccc1Cl. The van der Waals surface area contributed by atoms with Crippen LogP contribution < -0.4 is 5.73 Å². The molecule has 0 aliphatic heterocycles. The van der Waals surface area contributed by atoms with Crippen molar-refractivity contribution in [3.8, 4) is 0 Å². The molecule has 0 spiro atoms. The highest BCUT2D eigenvalue weighted by Gasteiger charge is 2.15. The van der Waals surface area contributed by atoms with Crippen LogP contribution in [-0.2, 0) is 0 Å². The third-order valence-electron chi connectivity index (χ3n) is 3.01. The zero-order chi connectivity index (χ0) is 11.3. The predicted molar refractivity (Wildman–Crippen MR) is 67.3 cm³/mol. The molecular weight excluding hydrogens is 206 g/mol. The summed E-state index contributed by atoms with van der Waals surface area (Å²) in [5.41, 5.74) is 7.01. The summed E-state index contributed by atoms with van der Waals surface area (Å²) in [6, 6.07) is 8.02. The first-order valence-corrected chi connectivity index (χ1v) is 6.01. The Kier molecular flexibility index (Phi) is 5.13. The molecule has 2 unspecified atom stereocenters. The summed E-state index contributed by atoms with van der Waals surface area (Å²) in [6.07, 6.45) is 2.32. The Morgan fingerprint density at radius 2 is 2.00 bits per heavy atom. The molecule has 0 heterocycles. The summed E-state index contributed by atoms with van der Waals surface area (Å²) < 4.78 is 0. The second-order valence-corrected chi connectivity index (χ2v) is 4.61. The van der Waals surface area contributed by atoms with E-state index in [2.05, 4.69) is 19.9 Å². The fraction of sp³-hybridized carbons (Fsp3) is 0.538. The van der Waals surface area contributed by atoms with Gasteiger partial charge in [-0.3, -0.25) is 0 Å². The minimum atomic E-state index is 0.397. The molecule has 1 nitrogen and oxygen atoms in total. The van der Waals surface area contributed by atoms with Gasteiger partial charge in [0.2, 0.25) is 0 Å². The lowest BCUT2D eigenvalue weighted by Gasteiger charge is -2.20. The second-order valence-electron chi connectivity index (χ2n) is 4.20. The van der Waals surface area contributed by atoms with Gasteiger partial charge in [-0.2, -0.15) is 0 Å². The van der Waals surface area contributed by atoms with Crippen LogP contribution in [0.4, 0.5) is 0 Å². The predicted octanol–water partition coefficient (Wildman–Crippen LogP) is 3.82. The van der Waals surface area contributed by atoms with Gasteiger partial charge in [0.25, 0.3) is 0 Å². The first-order chi connectivity index (χ1) is 7.19. The normalized spacial score (nSPS) is 14.9. The third kappa shape index (κ3) is 3.51. The first kappa shape index (κ1) is 12.5. The molecular formula is C13H20ClN. The highest BCUT2D eigenvalue weighted by molar-refractivity contribution is 6.31. The van der Waals surface area contributed by atoms with Crippen molar-refractivity contribution in [1.29, 1.82) is 0 Å². The maximum atomic E-state index is 6.17. The van der Waals surface area contributed by atoms with E-state index in [1.807, 2.05) is 18.2 Å². The Balaban J connectivity index is 2.78. The van der Waals surface area contributed by atoms with Gasteiger partial charge in [-0.15, -0.1) is 0 Å². The average Bonchev–Trinajstić information content (AvgIpc) is 2.26. The van der Waals surface area contributed by atoms with Crippen LogP contribution in [0.1, 0.15) is 38.2 Å². The van der Waals surface area contributed by atoms with Crippen LogP contribution >= 0.6 is 11.6 Å². The van der Waals surface area contributed by atoms with Crippen molar-refractivity contribution < 1.29 is 0 Å². The van der Waals surface area contributed by atoms with E-state index >= 15 is 0 Å². The van der Waals surface area contributed by atoms with E-state index in [1.165, 1.54) is 12.0 Å². The molecule has 2 atom stereocenters. The van der Waals surface area contributed by atoms with Gasteiger partial charge in [0, 0.05) is 5.02 Å². The van der Waals surface area contributed by atoms with Crippen molar-refractivity contribution in [3.05, 3.63) is 34.9 Å². The van der Waals surface area contributed by atoms with Gasteiger partial charge in [-0.1, -0.05) is 50.1 Å². The van der Waals surface area contributed by atoms with Crippen molar-refractivity contribution in [2.24, 2.45) is 11.7 Å². The zero-order valence-corrected chi connectivity index (χ0v) is 10.3. The minimum absolute atomic E-state index is 0.397. The number of halogens is 1. The second kappa shape index (κ2) is 6.14. The number of rotatable bonds is 5. The summed E-state index contributed by atoms with van der Waals surface area (Å²) in [5, 5.41) is 0.844. The van der Waals surface area contributed by atoms with Crippen molar-refractivity contribution in [1.82, 2.24) is 0 Å². The highest BCUT2D eigenvalue weighted by atomic mass is 35.5. The molecule has 1 aromatic rings. The van der Waals surface area contributed by atoms with Gasteiger partial charge in [0.15, 0.2) is 0 Å². The lowest BCUT2D eigenvalue weighted by molar-refractivity contribution is 0.458. The van der Waals surface area contributed by atoms with Crippen LogP contribution in [0.3, 0.4) is 0 Å². The van der Waals surface area contributed by atoms with E-state index in [9.17, 15) is 0 Å². The summed E-state index contributed by atoms with van der Waals surface area (Å²) in [4.78, 5) is 0. The Morgan fingerprint density at radius 3 is 2.53 bits per heavy atom. The molecule has 0 radical (unpaired) electrons. The lowest BCUT2D eigenvalue weighted by Crippen LogP contribution is -2.15. The summed E-state index contributed by atoms with van der Waals surface area (Å²) in [6.45, 7) is 5.15. The zero-order valence-electron chi connectivity index (χ0n) is 9.54. The van der Waals surface area contributed by atoms with Gasteiger partial charge in [-0.25, -0.2) is 0 Å². The maximum Gasteiger partial charge on any atom is 0.0441 e. The molecule has 1 rings (SSSR count). The van der Waals surface area contributed by atoms with E-state index in [0.29, 0.717) is 18.4 Å². The van der Waals surface area contributed by atoms with Crippen LogP contribution in [0, 0.1) is 5.92 Å². The van der Waals surface area contributed by atoms with Gasteiger partial charge >= 0.3 is 0 Å². The highest BCUT2D eigenvalue weighted by Crippen LogP contribution is 2.29. The van der Waals surface area contributed by atoms with Crippen LogP contribution in [0.2, 0.25) is 5.02 Å². The standard InChI is InChI=1S/C13H20ClN/c1-3-10(2)8-11(9-15)12-6-4-5-7-13(12)14/h4-7,10-11H,3,8-9,15H2,1-2H3. The first-order valence-electron chi connectivity index (χ1n) is 5.63. The van der Waals surface area contributed by atoms with Crippen LogP contribution in [-0.4, -0.2) is 6.54 Å². The molecule has 0 bridgehead atoms. The molecule has 0 saturated heterocycles. The molecule has 2 N–H and O–H groups in total. The van der Waals surface area contributed by atoms with E-state index in [4.69, 9.17) is 17.3 Å². The lowest BCUT2D eigenvalue weighted by atomic mass is 9.88. The van der Waals surface area contributed by atoms with E-state index in [-0.39, 0.29) is 0 Å². The Morgan fingerprint density at radius 1 is 1.33 bits per heavy atom. The fourth-order valence-corrected chi connectivity index (χ4v) is 2.10. The van der Waals surface area contributed by atoms with Crippen LogP contribution in [0.5, 0.6) is 0 Å². The van der Waals surface area contributed by atoms with Gasteiger partial charge < -0.3 is 5.73 Å². The van der Waals surface area contributed by atoms with Gasteiger partial charge in [0.1, 0.15) is 0 Å². The van der Waals surface area contributed by atoms with E-state index < -0.39 is 0 Å². The number of benzene rings is 1. The Bertz CT molecular complexity index is 298. The minimum Gasteiger partial charge on any atom is -0.330 e. The van der Waals surface area contributed by atoms with Crippen LogP contribution in [0.15, 0.2) is 24.3 Å². The van der Waals surface area contributed by atoms with Crippen molar-refractivity contribution in [2.45, 2.75) is 32.6 Å². The Labute approximate surface area is 97.6 Å². The van der Waals surface area contributed by atoms with Crippen molar-refractivity contribution in [2.75, 3.05) is 6.54 Å². The van der Waals surface area contributed by atoms with Gasteiger partial charge in [0.05, 0.1) is 0 Å². The summed E-state index contributed by atoms with van der Waals surface area (Å²) >= 11 is 6.17. The molecule has 0 fully saturated rings. The average molecular weight is 226 g/mol. The smallest absolute Gasteiger partial charge is 0.0441 e. The molecule has 0 saturated carbocycles. The van der Waals surface area contributed by atoms with Gasteiger partial charge in [-0.05, 0) is 36.4 Å². The molecule has 15 heavy (non-hydrogen) atoms. The molecule has 1 aromatic carbocycles. The summed E-state index contributed by atoms with van der Waals surface area (Å²) in [5.74, 6) is 1.10. The Hall–Kier alpha value is -0.530. The number of nitrogens with two attached hydrogens (primary N) is 1. The molecule has 0 aromatic heterocycles. The molecule has 0 amide bonds. The molecule has 0 aliphatic carbocycles. The largest absolute Gasteiger partial charge is 0.330 e. The van der Waals surface area contributed by atoms with Crippen LogP contribution in [0.25, 0.3) is 0 Å². The maximum absolute atomic E-state index is 6.17. The monoisotopic (exact) mass is 225 g/mol. The number of hydrogen-bond donors (Lipinski definition) is 1. The quantitative estimate of drug-likeness (QED) is 0.810. The third-order valence-corrected chi connectivity index (χ3v) is 3.36. The fourth-order valence-electron chi connectivity index (χ4n) is 1.81. The van der Waals surface area contributed by atoms with Crippen molar-refractivity contribution >= 4 is 11.6 Å². The number of hydrogen-bond acceptors (Lipinski definition) is 1. The molecule has 0 aliphatic rings. The summed E-state index contributed by atoms with van der Waals surface area (Å²) in [7, 11) is 0. The van der Waals surface area contributed by atoms with E-state index in [1.54, 1.807) is 0 Å². The topological polar surface area (TPSA) is 26.0 Å². The molecule has 2 heteroatoms. The molecule has 84 valence electrons. The van der Waals surface area contributed by atoms with Crippen molar-refractivity contribution in [3.63, 3.8) is 0 Å².